The molecule has 2 unspecified atom stereocenters. The van der Waals surface area contributed by atoms with Crippen LogP contribution in [-0.4, -0.2) is 17.0 Å². The smallest absolute Gasteiger partial charge is 0.138 e. The highest BCUT2D eigenvalue weighted by Gasteiger charge is 2.40. The van der Waals surface area contributed by atoms with E-state index in [-0.39, 0.29) is 17.9 Å². The van der Waals surface area contributed by atoms with Gasteiger partial charge < -0.3 is 10.5 Å². The van der Waals surface area contributed by atoms with E-state index in [0.717, 1.165) is 17.7 Å². The van der Waals surface area contributed by atoms with E-state index in [4.69, 9.17) is 33.7 Å². The number of benzene rings is 2. The second-order valence-corrected chi connectivity index (χ2v) is 7.92. The molecule has 1 aliphatic rings. The largest absolute Gasteiger partial charge is 0.396 e. The molecule has 2 aromatic carbocycles. The fourth-order valence-corrected chi connectivity index (χ4v) is 3.53. The van der Waals surface area contributed by atoms with Crippen molar-refractivity contribution in [1.82, 2.24) is 4.90 Å². The third-order valence-electron chi connectivity index (χ3n) is 4.36. The van der Waals surface area contributed by atoms with Crippen molar-refractivity contribution in [3.05, 3.63) is 63.6 Å². The molecular formula is C19H22Cl2N2O. The minimum Gasteiger partial charge on any atom is -0.396 e. The summed E-state index contributed by atoms with van der Waals surface area (Å²) < 4.78 is 6.39. The van der Waals surface area contributed by atoms with Crippen molar-refractivity contribution in [1.29, 1.82) is 0 Å². The van der Waals surface area contributed by atoms with Crippen LogP contribution < -0.4 is 5.73 Å². The molecule has 2 atom stereocenters. The lowest BCUT2D eigenvalue weighted by atomic mass is 10.0. The molecule has 0 radical (unpaired) electrons. The molecule has 3 rings (SSSR count). The van der Waals surface area contributed by atoms with E-state index in [1.165, 1.54) is 0 Å². The van der Waals surface area contributed by atoms with Crippen molar-refractivity contribution in [2.45, 2.75) is 38.6 Å². The van der Waals surface area contributed by atoms with Gasteiger partial charge in [-0.15, -0.1) is 0 Å². The zero-order valence-corrected chi connectivity index (χ0v) is 15.6. The molecule has 0 bridgehead atoms. The standard InChI is InChI=1S/C19H22Cl2N2O/c1-19(2,3)23-11-16(13-9-14(20)17(22)15(21)10-13)24-18(23)12-7-5-4-6-8-12/h4-10,16,18H,11,22H2,1-3H3. The quantitative estimate of drug-likeness (QED) is 0.720. The third-order valence-corrected chi connectivity index (χ3v) is 4.98. The summed E-state index contributed by atoms with van der Waals surface area (Å²) in [7, 11) is 0. The first kappa shape index (κ1) is 17.6. The van der Waals surface area contributed by atoms with Gasteiger partial charge in [-0.3, -0.25) is 4.90 Å². The Morgan fingerprint density at radius 1 is 1.04 bits per heavy atom. The summed E-state index contributed by atoms with van der Waals surface area (Å²) in [4.78, 5) is 2.35. The van der Waals surface area contributed by atoms with Gasteiger partial charge in [0.05, 0.1) is 21.8 Å². The molecular weight excluding hydrogens is 343 g/mol. The molecule has 1 aliphatic heterocycles. The van der Waals surface area contributed by atoms with Crippen molar-refractivity contribution in [2.24, 2.45) is 0 Å². The average Bonchev–Trinajstić information content (AvgIpc) is 2.98. The van der Waals surface area contributed by atoms with Crippen LogP contribution in [0.15, 0.2) is 42.5 Å². The summed E-state index contributed by atoms with van der Waals surface area (Å²) in [5.74, 6) is 0. The topological polar surface area (TPSA) is 38.5 Å². The number of nitrogen functional groups attached to an aromatic ring is 1. The second kappa shape index (κ2) is 6.57. The highest BCUT2D eigenvalue weighted by molar-refractivity contribution is 6.38. The van der Waals surface area contributed by atoms with Crippen LogP contribution in [-0.2, 0) is 4.74 Å². The van der Waals surface area contributed by atoms with Gasteiger partial charge in [0.25, 0.3) is 0 Å². The number of hydrogen-bond acceptors (Lipinski definition) is 3. The number of nitrogens with two attached hydrogens (primary N) is 1. The van der Waals surface area contributed by atoms with Gasteiger partial charge in [0.2, 0.25) is 0 Å². The van der Waals surface area contributed by atoms with Crippen LogP contribution in [0.25, 0.3) is 0 Å². The van der Waals surface area contributed by atoms with E-state index < -0.39 is 0 Å². The van der Waals surface area contributed by atoms with Gasteiger partial charge in [0.15, 0.2) is 0 Å². The molecule has 1 fully saturated rings. The molecule has 1 saturated heterocycles. The van der Waals surface area contributed by atoms with Gasteiger partial charge in [-0.1, -0.05) is 53.5 Å². The normalized spacial score (nSPS) is 22.0. The number of rotatable bonds is 2. The minimum absolute atomic E-state index is 0.0311. The number of halogens is 2. The summed E-state index contributed by atoms with van der Waals surface area (Å²) in [6, 6.07) is 14.0. The molecule has 1 heterocycles. The summed E-state index contributed by atoms with van der Waals surface area (Å²) in [5.41, 5.74) is 8.32. The Balaban J connectivity index is 1.96. The van der Waals surface area contributed by atoms with Gasteiger partial charge >= 0.3 is 0 Å². The number of nitrogens with zero attached hydrogens (tertiary/aromatic N) is 1. The molecule has 3 nitrogen and oxygen atoms in total. The SMILES string of the molecule is CC(C)(C)N1CC(c2cc(Cl)c(N)c(Cl)c2)OC1c1ccccc1. The van der Waals surface area contributed by atoms with Crippen LogP contribution in [0.1, 0.15) is 44.2 Å². The van der Waals surface area contributed by atoms with E-state index in [1.807, 2.05) is 30.3 Å². The Bertz CT molecular complexity index is 705. The number of ether oxygens (including phenoxy) is 1. The fourth-order valence-electron chi connectivity index (χ4n) is 3.02. The van der Waals surface area contributed by atoms with Gasteiger partial charge in [0.1, 0.15) is 6.23 Å². The lowest BCUT2D eigenvalue weighted by Gasteiger charge is -2.35. The van der Waals surface area contributed by atoms with Crippen LogP contribution in [0.5, 0.6) is 0 Å². The summed E-state index contributed by atoms with van der Waals surface area (Å²) in [6.45, 7) is 7.34. The van der Waals surface area contributed by atoms with Crippen LogP contribution in [0.2, 0.25) is 10.0 Å². The van der Waals surface area contributed by atoms with Gasteiger partial charge in [-0.05, 0) is 44.0 Å². The van der Waals surface area contributed by atoms with Gasteiger partial charge in [0, 0.05) is 12.1 Å². The maximum atomic E-state index is 6.39. The molecule has 0 spiro atoms. The Hall–Kier alpha value is -1.26. The Morgan fingerprint density at radius 2 is 1.62 bits per heavy atom. The predicted molar refractivity (Wildman–Crippen MR) is 100 cm³/mol. The van der Waals surface area contributed by atoms with E-state index >= 15 is 0 Å². The fraction of sp³-hybridized carbons (Fsp3) is 0.368. The van der Waals surface area contributed by atoms with Crippen molar-refractivity contribution in [3.8, 4) is 0 Å². The summed E-state index contributed by atoms with van der Waals surface area (Å²) >= 11 is 12.4. The molecule has 24 heavy (non-hydrogen) atoms. The van der Waals surface area contributed by atoms with Gasteiger partial charge in [-0.2, -0.15) is 0 Å². The molecule has 0 aliphatic carbocycles. The van der Waals surface area contributed by atoms with Crippen LogP contribution in [0.4, 0.5) is 5.69 Å². The number of hydrogen-bond donors (Lipinski definition) is 1. The maximum absolute atomic E-state index is 6.39. The zero-order chi connectivity index (χ0) is 17.5. The molecule has 5 heteroatoms. The first-order chi connectivity index (χ1) is 11.3. The predicted octanol–water partition coefficient (Wildman–Crippen LogP) is 5.45. The molecule has 128 valence electrons. The molecule has 2 N–H and O–H groups in total. The average molecular weight is 365 g/mol. The summed E-state index contributed by atoms with van der Waals surface area (Å²) in [6.07, 6.45) is -0.212. The molecule has 0 saturated carbocycles. The molecule has 0 amide bonds. The van der Waals surface area contributed by atoms with E-state index in [9.17, 15) is 0 Å². The highest BCUT2D eigenvalue weighted by atomic mass is 35.5. The molecule has 2 aromatic rings. The highest BCUT2D eigenvalue weighted by Crippen LogP contribution is 2.43. The van der Waals surface area contributed by atoms with E-state index in [2.05, 4.69) is 37.8 Å². The Labute approximate surface area is 153 Å². The third kappa shape index (κ3) is 3.40. The van der Waals surface area contributed by atoms with Crippen LogP contribution >= 0.6 is 23.2 Å². The second-order valence-electron chi connectivity index (χ2n) is 7.11. The lowest BCUT2D eigenvalue weighted by molar-refractivity contribution is -0.0320. The lowest BCUT2D eigenvalue weighted by Crippen LogP contribution is -2.41. The van der Waals surface area contributed by atoms with Crippen molar-refractivity contribution >= 4 is 28.9 Å². The van der Waals surface area contributed by atoms with Crippen molar-refractivity contribution in [3.63, 3.8) is 0 Å². The van der Waals surface area contributed by atoms with Crippen molar-refractivity contribution in [2.75, 3.05) is 12.3 Å². The van der Waals surface area contributed by atoms with Gasteiger partial charge in [-0.25, -0.2) is 0 Å². The summed E-state index contributed by atoms with van der Waals surface area (Å²) in [5, 5.41) is 0.929. The van der Waals surface area contributed by atoms with Crippen LogP contribution in [0, 0.1) is 0 Å². The van der Waals surface area contributed by atoms with Crippen LogP contribution in [0.3, 0.4) is 0 Å². The van der Waals surface area contributed by atoms with E-state index in [1.54, 1.807) is 0 Å². The first-order valence-corrected chi connectivity index (χ1v) is 8.74. The van der Waals surface area contributed by atoms with E-state index in [0.29, 0.717) is 15.7 Å². The maximum Gasteiger partial charge on any atom is 0.138 e. The first-order valence-electron chi connectivity index (χ1n) is 7.99. The van der Waals surface area contributed by atoms with Crippen molar-refractivity contribution < 1.29 is 4.74 Å². The molecule has 0 aromatic heterocycles. The monoisotopic (exact) mass is 364 g/mol. The zero-order valence-electron chi connectivity index (χ0n) is 14.1. The minimum atomic E-state index is -0.106. The number of anilines is 1. The Kier molecular flexibility index (Phi) is 4.80. The Morgan fingerprint density at radius 3 is 2.17 bits per heavy atom.